The highest BCUT2D eigenvalue weighted by atomic mass is 32.2. The molecule has 1 heterocycles. The van der Waals surface area contributed by atoms with Crippen LogP contribution in [-0.2, 0) is 16.1 Å². The predicted octanol–water partition coefficient (Wildman–Crippen LogP) is 4.23. The molecule has 1 N–H and O–H groups in total. The molecule has 0 atom stereocenters. The molecule has 0 unspecified atom stereocenters. The number of carbonyl (C=O) groups is 3. The van der Waals surface area contributed by atoms with Crippen molar-refractivity contribution in [1.29, 1.82) is 0 Å². The van der Waals surface area contributed by atoms with Gasteiger partial charge in [0.2, 0.25) is 0 Å². The smallest absolute Gasteiger partial charge is 0.367 e. The highest BCUT2D eigenvalue weighted by molar-refractivity contribution is 8.18. The van der Waals surface area contributed by atoms with E-state index in [-0.39, 0.29) is 19.7 Å². The number of rotatable bonds is 8. The van der Waals surface area contributed by atoms with Crippen molar-refractivity contribution in [2.24, 2.45) is 0 Å². The number of hydrogen-bond acceptors (Lipinski definition) is 5. The van der Waals surface area contributed by atoms with Crippen molar-refractivity contribution in [2.75, 3.05) is 19.7 Å². The molecule has 10 heteroatoms. The first kappa shape index (κ1) is 23.6. The predicted molar refractivity (Wildman–Crippen MR) is 114 cm³/mol. The van der Waals surface area contributed by atoms with Crippen LogP contribution in [0.25, 0.3) is 6.08 Å². The molecule has 3 rings (SSSR count). The maximum absolute atomic E-state index is 12.5. The Labute approximate surface area is 186 Å². The second-order valence-corrected chi connectivity index (χ2v) is 7.80. The lowest BCUT2D eigenvalue weighted by atomic mass is 10.1. The van der Waals surface area contributed by atoms with E-state index in [1.807, 2.05) is 30.3 Å². The van der Waals surface area contributed by atoms with Crippen LogP contribution >= 0.6 is 11.8 Å². The van der Waals surface area contributed by atoms with E-state index >= 15 is 0 Å². The highest BCUT2D eigenvalue weighted by Crippen LogP contribution is 2.31. The van der Waals surface area contributed by atoms with Gasteiger partial charge in [-0.1, -0.05) is 42.5 Å². The normalized spacial score (nSPS) is 15.5. The van der Waals surface area contributed by atoms with Crippen molar-refractivity contribution in [1.82, 2.24) is 10.2 Å². The van der Waals surface area contributed by atoms with Crippen molar-refractivity contribution >= 4 is 34.9 Å². The van der Waals surface area contributed by atoms with Gasteiger partial charge >= 0.3 is 6.18 Å². The van der Waals surface area contributed by atoms with E-state index in [1.54, 1.807) is 6.08 Å². The fourth-order valence-electron chi connectivity index (χ4n) is 2.81. The lowest BCUT2D eigenvalue weighted by Gasteiger charge is -2.13. The lowest BCUT2D eigenvalue weighted by Crippen LogP contribution is -2.37. The zero-order valence-electron chi connectivity index (χ0n) is 16.7. The van der Waals surface area contributed by atoms with Crippen LogP contribution in [-0.4, -0.2) is 47.8 Å². The zero-order chi connectivity index (χ0) is 23.1. The van der Waals surface area contributed by atoms with Gasteiger partial charge in [0.05, 0.1) is 11.5 Å². The van der Waals surface area contributed by atoms with Crippen LogP contribution in [0.4, 0.5) is 18.0 Å². The zero-order valence-corrected chi connectivity index (χ0v) is 17.5. The number of imide groups is 1. The third-order valence-corrected chi connectivity index (χ3v) is 5.25. The fraction of sp³-hybridized carbons (Fsp3) is 0.227. The topological polar surface area (TPSA) is 75.7 Å². The van der Waals surface area contributed by atoms with E-state index < -0.39 is 29.8 Å². The molecule has 6 nitrogen and oxygen atoms in total. The van der Waals surface area contributed by atoms with Crippen LogP contribution in [0.1, 0.15) is 21.5 Å². The number of hydrogen-bond donors (Lipinski definition) is 1. The summed E-state index contributed by atoms with van der Waals surface area (Å²) in [5, 5.41) is 2.21. The third-order valence-electron chi connectivity index (χ3n) is 4.34. The average Bonchev–Trinajstić information content (AvgIpc) is 3.01. The molecule has 32 heavy (non-hydrogen) atoms. The molecule has 2 aromatic rings. The largest absolute Gasteiger partial charge is 0.411 e. The molecule has 168 valence electrons. The Bertz CT molecular complexity index is 1010. The number of nitrogens with zero attached hydrogens (tertiary/aromatic N) is 1. The number of alkyl halides is 3. The van der Waals surface area contributed by atoms with Gasteiger partial charge in [0.1, 0.15) is 6.61 Å². The molecule has 1 fully saturated rings. The second-order valence-electron chi connectivity index (χ2n) is 6.80. The number of thioether (sulfide) groups is 1. The molecular formula is C22H19F3N2O4S. The summed E-state index contributed by atoms with van der Waals surface area (Å²) < 4.78 is 40.9. The number of halogens is 3. The molecule has 0 aromatic heterocycles. The lowest BCUT2D eigenvalue weighted by molar-refractivity contribution is -0.176. The summed E-state index contributed by atoms with van der Waals surface area (Å²) in [4.78, 5) is 38.3. The molecule has 0 bridgehead atoms. The van der Waals surface area contributed by atoms with Crippen LogP contribution < -0.4 is 5.32 Å². The summed E-state index contributed by atoms with van der Waals surface area (Å²) in [6.07, 6.45) is -2.75. The first-order valence-electron chi connectivity index (χ1n) is 9.55. The van der Waals surface area contributed by atoms with E-state index in [9.17, 15) is 27.6 Å². The van der Waals surface area contributed by atoms with Gasteiger partial charge in [0.15, 0.2) is 0 Å². The fourth-order valence-corrected chi connectivity index (χ4v) is 3.68. The van der Waals surface area contributed by atoms with Gasteiger partial charge in [-0.15, -0.1) is 0 Å². The number of nitrogens with one attached hydrogen (secondary N) is 1. The minimum atomic E-state index is -4.39. The van der Waals surface area contributed by atoms with Gasteiger partial charge in [0, 0.05) is 18.7 Å². The maximum atomic E-state index is 12.5. The molecule has 3 amide bonds. The van der Waals surface area contributed by atoms with Crippen LogP contribution in [0.3, 0.4) is 0 Å². The molecule has 1 aliphatic heterocycles. The Balaban J connectivity index is 1.47. The Morgan fingerprint density at radius 3 is 2.41 bits per heavy atom. The molecule has 0 spiro atoms. The molecule has 2 aromatic carbocycles. The summed E-state index contributed by atoms with van der Waals surface area (Å²) in [6, 6.07) is 15.1. The van der Waals surface area contributed by atoms with Crippen molar-refractivity contribution < 1.29 is 32.3 Å². The molecule has 1 saturated heterocycles. The molecule has 1 aliphatic rings. The van der Waals surface area contributed by atoms with Crippen molar-refractivity contribution in [3.8, 4) is 0 Å². The summed E-state index contributed by atoms with van der Waals surface area (Å²) in [5.41, 5.74) is 1.59. The van der Waals surface area contributed by atoms with Crippen molar-refractivity contribution in [2.45, 2.75) is 12.8 Å². The highest BCUT2D eigenvalue weighted by Gasteiger charge is 2.34. The van der Waals surface area contributed by atoms with Gasteiger partial charge in [-0.05, 0) is 41.1 Å². The molecule has 0 radical (unpaired) electrons. The van der Waals surface area contributed by atoms with Crippen LogP contribution in [0.5, 0.6) is 0 Å². The molecule has 0 aliphatic carbocycles. The molecular weight excluding hydrogens is 445 g/mol. The first-order chi connectivity index (χ1) is 15.2. The third kappa shape index (κ3) is 6.69. The van der Waals surface area contributed by atoms with Crippen LogP contribution in [0.2, 0.25) is 0 Å². The summed E-state index contributed by atoms with van der Waals surface area (Å²) >= 11 is 0.845. The molecule has 0 saturated carbocycles. The number of benzene rings is 2. The van der Waals surface area contributed by atoms with Gasteiger partial charge in [-0.25, -0.2) is 0 Å². The Kier molecular flexibility index (Phi) is 7.70. The summed E-state index contributed by atoms with van der Waals surface area (Å²) in [7, 11) is 0. The first-order valence-corrected chi connectivity index (χ1v) is 10.4. The second kappa shape index (κ2) is 10.5. The van der Waals surface area contributed by atoms with Crippen molar-refractivity contribution in [3.05, 3.63) is 76.2 Å². The van der Waals surface area contributed by atoms with Gasteiger partial charge in [-0.3, -0.25) is 19.3 Å². The van der Waals surface area contributed by atoms with Gasteiger partial charge < -0.3 is 10.1 Å². The Morgan fingerprint density at radius 2 is 1.75 bits per heavy atom. The summed E-state index contributed by atoms with van der Waals surface area (Å²) in [5.74, 6) is -0.846. The quantitative estimate of drug-likeness (QED) is 0.592. The maximum Gasteiger partial charge on any atom is 0.411 e. The van der Waals surface area contributed by atoms with E-state index in [0.717, 1.165) is 22.2 Å². The minimum Gasteiger partial charge on any atom is -0.367 e. The van der Waals surface area contributed by atoms with E-state index in [0.29, 0.717) is 16.0 Å². The monoisotopic (exact) mass is 464 g/mol. The van der Waals surface area contributed by atoms with Gasteiger partial charge in [-0.2, -0.15) is 13.2 Å². The SMILES string of the molecule is O=C(NCCN1C(=O)S/C(=C\c2ccccc2)C1=O)c1ccc(COCC(F)(F)F)cc1. The van der Waals surface area contributed by atoms with Gasteiger partial charge in [0.25, 0.3) is 17.1 Å². The number of amides is 3. The summed E-state index contributed by atoms with van der Waals surface area (Å²) in [6.45, 7) is -1.49. The Hall–Kier alpha value is -3.11. The number of carbonyl (C=O) groups excluding carboxylic acids is 3. The van der Waals surface area contributed by atoms with Crippen molar-refractivity contribution in [3.63, 3.8) is 0 Å². The minimum absolute atomic E-state index is 0.0197. The van der Waals surface area contributed by atoms with Crippen LogP contribution in [0.15, 0.2) is 59.5 Å². The van der Waals surface area contributed by atoms with E-state index in [1.165, 1.54) is 24.3 Å². The van der Waals surface area contributed by atoms with E-state index in [4.69, 9.17) is 0 Å². The number of ether oxygens (including phenoxy) is 1. The average molecular weight is 464 g/mol. The van der Waals surface area contributed by atoms with Crippen LogP contribution in [0, 0.1) is 0 Å². The standard InChI is InChI=1S/C22H19F3N2O4S/c23-22(24,25)14-31-13-16-6-8-17(9-7-16)19(28)26-10-11-27-20(29)18(32-21(27)30)12-15-4-2-1-3-5-15/h1-9,12H,10-11,13-14H2,(H,26,28)/b18-12-. The Morgan fingerprint density at radius 1 is 1.06 bits per heavy atom. The van der Waals surface area contributed by atoms with E-state index in [2.05, 4.69) is 10.1 Å².